The Hall–Kier alpha value is -3.28. The van der Waals surface area contributed by atoms with E-state index in [4.69, 9.17) is 4.74 Å². The molecule has 2 rings (SSSR count). The zero-order valence-corrected chi connectivity index (χ0v) is 14.8. The van der Waals surface area contributed by atoms with Crippen LogP contribution in [0.1, 0.15) is 5.69 Å². The van der Waals surface area contributed by atoms with Crippen molar-refractivity contribution < 1.29 is 22.9 Å². The van der Waals surface area contributed by atoms with Crippen molar-refractivity contribution in [2.45, 2.75) is 11.8 Å². The zero-order valence-electron chi connectivity index (χ0n) is 14.0. The van der Waals surface area contributed by atoms with Crippen LogP contribution in [0.2, 0.25) is 0 Å². The second kappa shape index (κ2) is 7.31. The molecule has 0 aliphatic rings. The maximum absolute atomic E-state index is 12.4. The number of rotatable bonds is 5. The molecule has 0 spiro atoms. The van der Waals surface area contributed by atoms with E-state index in [-0.39, 0.29) is 11.8 Å². The molecule has 0 aliphatic carbocycles. The lowest BCUT2D eigenvalue weighted by Crippen LogP contribution is -2.41. The van der Waals surface area contributed by atoms with Gasteiger partial charge in [-0.15, -0.1) is 0 Å². The minimum atomic E-state index is -4.48. The number of nitro groups is 1. The molecule has 0 saturated heterocycles. The van der Waals surface area contributed by atoms with Crippen LogP contribution in [0.25, 0.3) is 0 Å². The van der Waals surface area contributed by atoms with Crippen molar-refractivity contribution in [3.05, 3.63) is 46.1 Å². The fourth-order valence-electron chi connectivity index (χ4n) is 1.94. The molecule has 0 fully saturated rings. The van der Waals surface area contributed by atoms with Crippen molar-refractivity contribution in [2.75, 3.05) is 19.1 Å². The Bertz CT molecular complexity index is 962. The molecular formula is C14H15N5O6S. The number of ether oxygens (including phenoxy) is 1. The zero-order chi connectivity index (χ0) is 19.5. The SMILES string of the molecule is COc1cc(C)nc(N(C)C(=O)NS(=O)(=O)c2ccccc2[N+](=O)[O-])n1. The van der Waals surface area contributed by atoms with Crippen LogP contribution in [0.4, 0.5) is 16.4 Å². The van der Waals surface area contributed by atoms with Crippen LogP contribution in [0.5, 0.6) is 5.88 Å². The number of hydrogen-bond donors (Lipinski definition) is 1. The smallest absolute Gasteiger partial charge is 0.337 e. The fraction of sp³-hybridized carbons (Fsp3) is 0.214. The molecule has 0 aliphatic heterocycles. The van der Waals surface area contributed by atoms with Gasteiger partial charge in [0.2, 0.25) is 11.8 Å². The summed E-state index contributed by atoms with van der Waals surface area (Å²) < 4.78 is 31.5. The van der Waals surface area contributed by atoms with E-state index >= 15 is 0 Å². The Balaban J connectivity index is 2.31. The number of hydrogen-bond acceptors (Lipinski definition) is 8. The molecule has 2 amide bonds. The molecule has 12 heteroatoms. The summed E-state index contributed by atoms with van der Waals surface area (Å²) in [6.45, 7) is 1.64. The molecule has 1 N–H and O–H groups in total. The molecule has 0 atom stereocenters. The summed E-state index contributed by atoms with van der Waals surface area (Å²) in [5.41, 5.74) is -0.156. The van der Waals surface area contributed by atoms with Crippen LogP contribution < -0.4 is 14.4 Å². The number of aryl methyl sites for hydroxylation is 1. The minimum Gasteiger partial charge on any atom is -0.481 e. The van der Waals surface area contributed by atoms with Crippen LogP contribution in [0.3, 0.4) is 0 Å². The number of sulfonamides is 1. The number of para-hydroxylation sites is 1. The summed E-state index contributed by atoms with van der Waals surface area (Å²) >= 11 is 0. The molecule has 1 heterocycles. The van der Waals surface area contributed by atoms with Gasteiger partial charge in [-0.25, -0.2) is 22.9 Å². The van der Waals surface area contributed by atoms with Crippen LogP contribution in [-0.2, 0) is 10.0 Å². The maximum atomic E-state index is 12.4. The number of methoxy groups -OCH3 is 1. The highest BCUT2D eigenvalue weighted by Crippen LogP contribution is 2.23. The standard InChI is InChI=1S/C14H15N5O6S/c1-9-8-12(25-3)16-13(15-9)18(2)14(20)17-26(23,24)11-7-5-4-6-10(11)19(21)22/h4-8H,1-3H3,(H,17,20). The van der Waals surface area contributed by atoms with Crippen molar-refractivity contribution in [1.29, 1.82) is 0 Å². The number of carbonyl (C=O) groups is 1. The molecule has 138 valence electrons. The van der Waals surface area contributed by atoms with Crippen molar-refractivity contribution in [2.24, 2.45) is 0 Å². The quantitative estimate of drug-likeness (QED) is 0.601. The molecule has 0 bridgehead atoms. The predicted octanol–water partition coefficient (Wildman–Crippen LogP) is 1.24. The first-order valence-electron chi connectivity index (χ1n) is 7.09. The third kappa shape index (κ3) is 4.03. The van der Waals surface area contributed by atoms with Gasteiger partial charge < -0.3 is 4.74 Å². The van der Waals surface area contributed by atoms with Crippen molar-refractivity contribution >= 4 is 27.7 Å². The molecule has 1 aromatic carbocycles. The molecule has 26 heavy (non-hydrogen) atoms. The molecule has 1 aromatic heterocycles. The number of nitrogens with one attached hydrogen (secondary N) is 1. The van der Waals surface area contributed by atoms with Crippen molar-refractivity contribution in [1.82, 2.24) is 14.7 Å². The van der Waals surface area contributed by atoms with E-state index in [0.29, 0.717) is 5.69 Å². The molecule has 0 saturated carbocycles. The number of nitro benzene ring substituents is 1. The van der Waals surface area contributed by atoms with E-state index in [1.165, 1.54) is 32.4 Å². The summed E-state index contributed by atoms with van der Waals surface area (Å²) in [5.74, 6) is 0.0887. The topological polar surface area (TPSA) is 145 Å². The Labute approximate surface area is 148 Å². The van der Waals surface area contributed by atoms with Gasteiger partial charge in [0.15, 0.2) is 4.90 Å². The third-order valence-electron chi connectivity index (χ3n) is 3.21. The van der Waals surface area contributed by atoms with Gasteiger partial charge in [0, 0.05) is 24.9 Å². The lowest BCUT2D eigenvalue weighted by molar-refractivity contribution is -0.387. The van der Waals surface area contributed by atoms with Crippen molar-refractivity contribution in [3.8, 4) is 5.88 Å². The minimum absolute atomic E-state index is 0.0999. The first-order chi connectivity index (χ1) is 12.2. The second-order valence-electron chi connectivity index (χ2n) is 5.05. The first kappa shape index (κ1) is 19.1. The van der Waals surface area contributed by atoms with Crippen LogP contribution in [0.15, 0.2) is 35.2 Å². The van der Waals surface area contributed by atoms with Gasteiger partial charge in [0.05, 0.1) is 12.0 Å². The summed E-state index contributed by atoms with van der Waals surface area (Å²) in [6.07, 6.45) is 0. The average molecular weight is 381 g/mol. The normalized spacial score (nSPS) is 10.9. The van der Waals surface area contributed by atoms with Crippen molar-refractivity contribution in [3.63, 3.8) is 0 Å². The van der Waals surface area contributed by atoms with Crippen LogP contribution in [0, 0.1) is 17.0 Å². The van der Waals surface area contributed by atoms with Gasteiger partial charge in [0.25, 0.3) is 15.7 Å². The van der Waals surface area contributed by atoms with E-state index in [1.807, 2.05) is 0 Å². The van der Waals surface area contributed by atoms with E-state index < -0.39 is 31.6 Å². The molecular weight excluding hydrogens is 366 g/mol. The average Bonchev–Trinajstić information content (AvgIpc) is 2.60. The van der Waals surface area contributed by atoms with E-state index in [0.717, 1.165) is 17.0 Å². The van der Waals surface area contributed by atoms with Gasteiger partial charge in [-0.2, -0.15) is 4.98 Å². The first-order valence-corrected chi connectivity index (χ1v) is 8.57. The summed E-state index contributed by atoms with van der Waals surface area (Å²) in [7, 11) is -1.86. The number of urea groups is 1. The van der Waals surface area contributed by atoms with E-state index in [2.05, 4.69) is 9.97 Å². The Kier molecular flexibility index (Phi) is 5.35. The predicted molar refractivity (Wildman–Crippen MR) is 90.5 cm³/mol. The fourth-order valence-corrected chi connectivity index (χ4v) is 3.10. The Morgan fingerprint density at radius 1 is 1.31 bits per heavy atom. The van der Waals surface area contributed by atoms with Crippen LogP contribution in [-0.4, -0.2) is 43.5 Å². The highest BCUT2D eigenvalue weighted by Gasteiger charge is 2.28. The van der Waals surface area contributed by atoms with E-state index in [9.17, 15) is 23.3 Å². The number of anilines is 1. The summed E-state index contributed by atoms with van der Waals surface area (Å²) in [6, 6.07) is 5.12. The largest absolute Gasteiger partial charge is 0.481 e. The molecule has 0 radical (unpaired) electrons. The number of benzene rings is 1. The highest BCUT2D eigenvalue weighted by atomic mass is 32.2. The molecule has 2 aromatic rings. The van der Waals surface area contributed by atoms with Gasteiger partial charge in [-0.05, 0) is 13.0 Å². The van der Waals surface area contributed by atoms with E-state index in [1.54, 1.807) is 11.6 Å². The molecule has 11 nitrogen and oxygen atoms in total. The van der Waals surface area contributed by atoms with Gasteiger partial charge in [-0.3, -0.25) is 15.0 Å². The van der Waals surface area contributed by atoms with Gasteiger partial charge in [-0.1, -0.05) is 12.1 Å². The lowest BCUT2D eigenvalue weighted by Gasteiger charge is -2.17. The molecule has 0 unspecified atom stereocenters. The van der Waals surface area contributed by atoms with Crippen LogP contribution >= 0.6 is 0 Å². The summed E-state index contributed by atoms with van der Waals surface area (Å²) in [4.78, 5) is 30.6. The lowest BCUT2D eigenvalue weighted by atomic mass is 10.3. The number of carbonyl (C=O) groups excluding carboxylic acids is 1. The maximum Gasteiger partial charge on any atom is 0.337 e. The summed E-state index contributed by atoms with van der Waals surface area (Å²) in [5, 5.41) is 11.0. The monoisotopic (exact) mass is 381 g/mol. The number of aromatic nitrogens is 2. The number of nitrogens with zero attached hydrogens (tertiary/aromatic N) is 4. The number of amides is 2. The van der Waals surface area contributed by atoms with Gasteiger partial charge >= 0.3 is 6.03 Å². The Morgan fingerprint density at radius 2 is 1.96 bits per heavy atom. The van der Waals surface area contributed by atoms with Gasteiger partial charge in [0.1, 0.15) is 0 Å². The third-order valence-corrected chi connectivity index (χ3v) is 4.57. The Morgan fingerprint density at radius 3 is 2.58 bits per heavy atom. The highest BCUT2D eigenvalue weighted by molar-refractivity contribution is 7.90. The second-order valence-corrected chi connectivity index (χ2v) is 6.70.